The van der Waals surface area contributed by atoms with Crippen molar-refractivity contribution < 1.29 is 9.21 Å². The fourth-order valence-electron chi connectivity index (χ4n) is 2.81. The number of amides is 1. The third kappa shape index (κ3) is 3.11. The predicted octanol–water partition coefficient (Wildman–Crippen LogP) is 4.21. The lowest BCUT2D eigenvalue weighted by Crippen LogP contribution is -2.19. The zero-order chi connectivity index (χ0) is 17.1. The van der Waals surface area contributed by atoms with Gasteiger partial charge in [-0.25, -0.2) is 5.43 Å². The lowest BCUT2D eigenvalue weighted by Gasteiger charge is -2.06. The number of hydrogen-bond acceptors (Lipinski definition) is 3. The van der Waals surface area contributed by atoms with Crippen molar-refractivity contribution in [1.29, 1.82) is 0 Å². The summed E-state index contributed by atoms with van der Waals surface area (Å²) in [7, 11) is 0. The summed E-state index contributed by atoms with van der Waals surface area (Å²) in [5.74, 6) is 1.48. The number of hydrogen-bond donors (Lipinski definition) is 2. The van der Waals surface area contributed by atoms with Crippen molar-refractivity contribution in [2.45, 2.75) is 33.1 Å². The molecule has 3 rings (SSSR count). The average Bonchev–Trinajstić information content (AvgIpc) is 3.18. The number of fused-ring (bicyclic) bond motifs is 1. The normalized spacial score (nSPS) is 11.7. The molecule has 0 aliphatic heterocycles. The first kappa shape index (κ1) is 16.1. The van der Waals surface area contributed by atoms with Crippen molar-refractivity contribution in [1.82, 2.24) is 10.4 Å². The van der Waals surface area contributed by atoms with Crippen LogP contribution in [0.1, 0.15) is 54.3 Å². The Kier molecular flexibility index (Phi) is 4.51. The second-order valence-corrected chi connectivity index (χ2v) is 5.97. The molecule has 0 unspecified atom stereocenters. The summed E-state index contributed by atoms with van der Waals surface area (Å²) in [5, 5.41) is 5.07. The van der Waals surface area contributed by atoms with Crippen LogP contribution in [0.5, 0.6) is 0 Å². The molecule has 0 aliphatic carbocycles. The fourth-order valence-corrected chi connectivity index (χ4v) is 2.81. The maximum absolute atomic E-state index is 12.5. The molecule has 0 saturated carbocycles. The van der Waals surface area contributed by atoms with Crippen LogP contribution in [-0.2, 0) is 6.42 Å². The zero-order valence-corrected chi connectivity index (χ0v) is 14.1. The van der Waals surface area contributed by atoms with Crippen molar-refractivity contribution in [3.05, 3.63) is 59.2 Å². The maximum atomic E-state index is 12.5. The van der Waals surface area contributed by atoms with Crippen LogP contribution in [0.2, 0.25) is 0 Å². The van der Waals surface area contributed by atoms with E-state index in [1.807, 2.05) is 43.3 Å². The van der Waals surface area contributed by atoms with Crippen LogP contribution >= 0.6 is 0 Å². The van der Waals surface area contributed by atoms with Gasteiger partial charge in [-0.3, -0.25) is 4.79 Å². The van der Waals surface area contributed by atoms with E-state index in [9.17, 15) is 4.79 Å². The number of benzene rings is 1. The largest absolute Gasteiger partial charge is 0.460 e. The van der Waals surface area contributed by atoms with Gasteiger partial charge in [0.05, 0.1) is 6.21 Å². The minimum absolute atomic E-state index is 0.225. The van der Waals surface area contributed by atoms with Gasteiger partial charge < -0.3 is 9.40 Å². The number of nitrogens with zero attached hydrogens (tertiary/aromatic N) is 1. The highest BCUT2D eigenvalue weighted by molar-refractivity contribution is 6.01. The Balaban J connectivity index is 1.82. The van der Waals surface area contributed by atoms with Gasteiger partial charge in [-0.15, -0.1) is 0 Å². The van der Waals surface area contributed by atoms with Gasteiger partial charge in [0.25, 0.3) is 5.91 Å². The number of aromatic nitrogens is 1. The van der Waals surface area contributed by atoms with Crippen LogP contribution in [0, 0.1) is 0 Å². The van der Waals surface area contributed by atoms with Crippen LogP contribution in [0.4, 0.5) is 0 Å². The lowest BCUT2D eigenvalue weighted by molar-refractivity contribution is 0.0949. The van der Waals surface area contributed by atoms with E-state index >= 15 is 0 Å². The van der Waals surface area contributed by atoms with E-state index in [0.29, 0.717) is 11.5 Å². The first-order valence-electron chi connectivity index (χ1n) is 8.12. The molecule has 0 radical (unpaired) electrons. The Morgan fingerprint density at radius 3 is 2.79 bits per heavy atom. The van der Waals surface area contributed by atoms with E-state index in [-0.39, 0.29) is 11.8 Å². The van der Waals surface area contributed by atoms with E-state index in [2.05, 4.69) is 29.4 Å². The summed E-state index contributed by atoms with van der Waals surface area (Å²) in [4.78, 5) is 15.7. The molecule has 24 heavy (non-hydrogen) atoms. The second-order valence-electron chi connectivity index (χ2n) is 5.97. The minimum atomic E-state index is -0.256. The standard InChI is InChI=1S/C19H21N3O2/c1-4-13-9-10-14(24-13)11-20-22-19(23)18-17(12(2)3)15-7-5-6-8-16(15)21-18/h5-12,21H,4H2,1-3H3,(H,22,23). The first-order valence-corrected chi connectivity index (χ1v) is 8.12. The van der Waals surface area contributed by atoms with Crippen molar-refractivity contribution in [2.75, 3.05) is 0 Å². The Morgan fingerprint density at radius 2 is 2.08 bits per heavy atom. The smallest absolute Gasteiger partial charge is 0.288 e. The Bertz CT molecular complexity index is 887. The van der Waals surface area contributed by atoms with Gasteiger partial charge in [0.15, 0.2) is 0 Å². The minimum Gasteiger partial charge on any atom is -0.460 e. The second kappa shape index (κ2) is 6.74. The van der Waals surface area contributed by atoms with Gasteiger partial charge in [0.2, 0.25) is 0 Å². The Morgan fingerprint density at radius 1 is 1.29 bits per heavy atom. The summed E-state index contributed by atoms with van der Waals surface area (Å²) < 4.78 is 5.52. The molecule has 0 atom stereocenters. The van der Waals surface area contributed by atoms with Crippen LogP contribution in [0.15, 0.2) is 45.9 Å². The summed E-state index contributed by atoms with van der Waals surface area (Å²) in [6.45, 7) is 6.17. The Hall–Kier alpha value is -2.82. The number of H-pyrrole nitrogens is 1. The van der Waals surface area contributed by atoms with Gasteiger partial charge in [-0.1, -0.05) is 39.0 Å². The molecule has 1 aromatic carbocycles. The number of para-hydroxylation sites is 1. The van der Waals surface area contributed by atoms with Crippen molar-refractivity contribution in [3.63, 3.8) is 0 Å². The van der Waals surface area contributed by atoms with Gasteiger partial charge in [0, 0.05) is 17.3 Å². The topological polar surface area (TPSA) is 70.4 Å². The van der Waals surface area contributed by atoms with Crippen molar-refractivity contribution >= 4 is 23.0 Å². The molecular formula is C19H21N3O2. The van der Waals surface area contributed by atoms with E-state index in [0.717, 1.165) is 28.6 Å². The molecule has 0 saturated heterocycles. The highest BCUT2D eigenvalue weighted by atomic mass is 16.3. The molecule has 5 nitrogen and oxygen atoms in total. The molecule has 2 N–H and O–H groups in total. The molecule has 3 aromatic rings. The van der Waals surface area contributed by atoms with Gasteiger partial charge >= 0.3 is 0 Å². The van der Waals surface area contributed by atoms with Gasteiger partial charge in [-0.2, -0.15) is 5.10 Å². The van der Waals surface area contributed by atoms with Crippen molar-refractivity contribution in [2.24, 2.45) is 5.10 Å². The van der Waals surface area contributed by atoms with Crippen LogP contribution in [0.25, 0.3) is 10.9 Å². The van der Waals surface area contributed by atoms with Crippen LogP contribution < -0.4 is 5.43 Å². The van der Waals surface area contributed by atoms with Crippen LogP contribution in [-0.4, -0.2) is 17.1 Å². The van der Waals surface area contributed by atoms with Crippen LogP contribution in [0.3, 0.4) is 0 Å². The molecule has 2 heterocycles. The van der Waals surface area contributed by atoms with E-state index in [4.69, 9.17) is 4.42 Å². The molecule has 1 amide bonds. The monoisotopic (exact) mass is 323 g/mol. The number of furan rings is 1. The number of aryl methyl sites for hydroxylation is 1. The number of rotatable bonds is 5. The quantitative estimate of drug-likeness (QED) is 0.545. The summed E-state index contributed by atoms with van der Waals surface area (Å²) in [5.41, 5.74) is 5.08. The molecule has 0 spiro atoms. The third-order valence-corrected chi connectivity index (χ3v) is 3.94. The van der Waals surface area contributed by atoms with E-state index in [1.165, 1.54) is 6.21 Å². The van der Waals surface area contributed by atoms with E-state index < -0.39 is 0 Å². The van der Waals surface area contributed by atoms with Gasteiger partial charge in [-0.05, 0) is 29.7 Å². The number of aromatic amines is 1. The lowest BCUT2D eigenvalue weighted by atomic mass is 9.99. The summed E-state index contributed by atoms with van der Waals surface area (Å²) in [6.07, 6.45) is 2.34. The molecule has 124 valence electrons. The Labute approximate surface area is 140 Å². The molecule has 0 fully saturated rings. The molecular weight excluding hydrogens is 302 g/mol. The summed E-state index contributed by atoms with van der Waals surface area (Å²) in [6, 6.07) is 11.6. The molecule has 0 bridgehead atoms. The predicted molar refractivity (Wildman–Crippen MR) is 95.5 cm³/mol. The SMILES string of the molecule is CCc1ccc(C=NNC(=O)c2[nH]c3ccccc3c2C(C)C)o1. The van der Waals surface area contributed by atoms with Gasteiger partial charge in [0.1, 0.15) is 17.2 Å². The van der Waals surface area contributed by atoms with E-state index in [1.54, 1.807) is 0 Å². The highest BCUT2D eigenvalue weighted by Gasteiger charge is 2.19. The first-order chi connectivity index (χ1) is 11.6. The number of carbonyl (C=O) groups excluding carboxylic acids is 1. The number of hydrazone groups is 1. The summed E-state index contributed by atoms with van der Waals surface area (Å²) >= 11 is 0. The molecule has 0 aliphatic rings. The molecule has 5 heteroatoms. The number of carbonyl (C=O) groups is 1. The number of nitrogens with one attached hydrogen (secondary N) is 2. The fraction of sp³-hybridized carbons (Fsp3) is 0.263. The third-order valence-electron chi connectivity index (χ3n) is 3.94. The average molecular weight is 323 g/mol. The highest BCUT2D eigenvalue weighted by Crippen LogP contribution is 2.28. The zero-order valence-electron chi connectivity index (χ0n) is 14.1. The van der Waals surface area contributed by atoms with Crippen molar-refractivity contribution in [3.8, 4) is 0 Å². The molecule has 2 aromatic heterocycles. The maximum Gasteiger partial charge on any atom is 0.288 e.